The van der Waals surface area contributed by atoms with Crippen molar-refractivity contribution in [1.82, 2.24) is 0 Å². The van der Waals surface area contributed by atoms with Crippen molar-refractivity contribution in [2.45, 2.75) is 20.1 Å². The highest BCUT2D eigenvalue weighted by Gasteiger charge is 2.10. The molecule has 0 aliphatic rings. The summed E-state index contributed by atoms with van der Waals surface area (Å²) in [7, 11) is 1.38. The monoisotopic (exact) mass is 321 g/mol. The van der Waals surface area contributed by atoms with E-state index in [0.29, 0.717) is 12.2 Å². The van der Waals surface area contributed by atoms with E-state index in [1.165, 1.54) is 25.5 Å². The molecule has 0 aromatic heterocycles. The average molecular weight is 321 g/mol. The molecule has 0 aliphatic carbocycles. The third-order valence-electron chi connectivity index (χ3n) is 2.99. The molecule has 0 bridgehead atoms. The predicted molar refractivity (Wildman–Crippen MR) is 83.2 cm³/mol. The first-order valence-corrected chi connectivity index (χ1v) is 6.92. The van der Waals surface area contributed by atoms with Crippen LogP contribution in [-0.4, -0.2) is 19.9 Å². The summed E-state index contributed by atoms with van der Waals surface area (Å²) in [6.45, 7) is -0.551. The van der Waals surface area contributed by atoms with Gasteiger partial charge in [0.05, 0.1) is 13.3 Å². The first-order valence-electron chi connectivity index (χ1n) is 6.92. The Morgan fingerprint density at radius 1 is 1.13 bits per heavy atom. The van der Waals surface area contributed by atoms with Crippen LogP contribution in [-0.2, 0) is 11.4 Å². The lowest BCUT2D eigenvalue weighted by atomic mass is 10.1. The molecule has 0 saturated heterocycles. The summed E-state index contributed by atoms with van der Waals surface area (Å²) in [5, 5.41) is 3.86. The second kappa shape index (κ2) is 8.12. The molecule has 0 radical (unpaired) electrons. The van der Waals surface area contributed by atoms with Crippen LogP contribution in [0.3, 0.4) is 0 Å². The van der Waals surface area contributed by atoms with Crippen LogP contribution in [0.1, 0.15) is 16.7 Å². The highest BCUT2D eigenvalue weighted by Crippen LogP contribution is 2.28. The maximum absolute atomic E-state index is 12.3. The summed E-state index contributed by atoms with van der Waals surface area (Å²) in [4.78, 5) is 5.22. The van der Waals surface area contributed by atoms with Crippen molar-refractivity contribution in [2.24, 2.45) is 5.16 Å². The Bertz CT molecular complexity index is 675. The zero-order valence-corrected chi connectivity index (χ0v) is 12.8. The van der Waals surface area contributed by atoms with Crippen LogP contribution in [0.25, 0.3) is 0 Å². The summed E-state index contributed by atoms with van der Waals surface area (Å²) >= 11 is 0. The van der Waals surface area contributed by atoms with Crippen LogP contribution in [0.15, 0.2) is 47.6 Å². The lowest BCUT2D eigenvalue weighted by Gasteiger charge is -2.09. The van der Waals surface area contributed by atoms with Crippen molar-refractivity contribution in [1.29, 1.82) is 0 Å². The summed E-state index contributed by atoms with van der Waals surface area (Å²) in [5.74, 6) is 0.174. The first-order chi connectivity index (χ1) is 11.1. The number of oxime groups is 1. The fourth-order valence-corrected chi connectivity index (χ4v) is 1.97. The lowest BCUT2D eigenvalue weighted by Crippen LogP contribution is -2.03. The molecule has 2 aromatic carbocycles. The standard InChI is InChI=1S/C17H17F2NO3/c1-12-4-3-5-14(8-12)11-22-20-10-13-6-7-15(23-17(18)19)16(9-13)21-2/h3-10,17H,11H2,1-2H3/b20-10+. The van der Waals surface area contributed by atoms with E-state index in [2.05, 4.69) is 9.89 Å². The van der Waals surface area contributed by atoms with Gasteiger partial charge in [-0.1, -0.05) is 35.0 Å². The van der Waals surface area contributed by atoms with Gasteiger partial charge in [-0.05, 0) is 30.7 Å². The fraction of sp³-hybridized carbons (Fsp3) is 0.235. The van der Waals surface area contributed by atoms with Crippen LogP contribution in [0.2, 0.25) is 0 Å². The Labute approximate surface area is 133 Å². The van der Waals surface area contributed by atoms with Gasteiger partial charge < -0.3 is 14.3 Å². The molecular weight excluding hydrogens is 304 g/mol. The minimum Gasteiger partial charge on any atom is -0.493 e. The van der Waals surface area contributed by atoms with Crippen molar-refractivity contribution < 1.29 is 23.1 Å². The van der Waals surface area contributed by atoms with E-state index in [4.69, 9.17) is 9.57 Å². The molecule has 0 aliphatic heterocycles. The molecule has 0 heterocycles. The maximum atomic E-state index is 12.3. The van der Waals surface area contributed by atoms with Crippen LogP contribution < -0.4 is 9.47 Å². The molecule has 0 unspecified atom stereocenters. The number of methoxy groups -OCH3 is 1. The van der Waals surface area contributed by atoms with Crippen LogP contribution in [0.5, 0.6) is 11.5 Å². The van der Waals surface area contributed by atoms with Crippen molar-refractivity contribution in [3.8, 4) is 11.5 Å². The Morgan fingerprint density at radius 3 is 2.65 bits per heavy atom. The molecule has 2 aromatic rings. The third kappa shape index (κ3) is 5.25. The second-order valence-corrected chi connectivity index (χ2v) is 4.79. The first kappa shape index (κ1) is 16.7. The molecule has 122 valence electrons. The Kier molecular flexibility index (Phi) is 5.91. The molecule has 4 nitrogen and oxygen atoms in total. The molecule has 6 heteroatoms. The van der Waals surface area contributed by atoms with Gasteiger partial charge in [-0.15, -0.1) is 0 Å². The van der Waals surface area contributed by atoms with Crippen molar-refractivity contribution in [2.75, 3.05) is 7.11 Å². The largest absolute Gasteiger partial charge is 0.493 e. The average Bonchev–Trinajstić information content (AvgIpc) is 2.52. The number of benzene rings is 2. The van der Waals surface area contributed by atoms with Crippen molar-refractivity contribution in [3.05, 3.63) is 59.2 Å². The summed E-state index contributed by atoms with van der Waals surface area (Å²) in [6, 6.07) is 12.4. The number of rotatable bonds is 7. The number of aryl methyl sites for hydroxylation is 1. The Morgan fingerprint density at radius 2 is 1.96 bits per heavy atom. The van der Waals surface area contributed by atoms with Gasteiger partial charge in [-0.25, -0.2) is 0 Å². The van der Waals surface area contributed by atoms with Gasteiger partial charge >= 0.3 is 6.61 Å². The number of hydrogen-bond acceptors (Lipinski definition) is 4. The molecular formula is C17H17F2NO3. The van der Waals surface area contributed by atoms with Crippen LogP contribution >= 0.6 is 0 Å². The lowest BCUT2D eigenvalue weighted by molar-refractivity contribution is -0.0512. The van der Waals surface area contributed by atoms with E-state index >= 15 is 0 Å². The smallest absolute Gasteiger partial charge is 0.387 e. The molecule has 0 N–H and O–H groups in total. The molecule has 0 amide bonds. The van der Waals surface area contributed by atoms with E-state index in [-0.39, 0.29) is 11.5 Å². The van der Waals surface area contributed by atoms with E-state index in [0.717, 1.165) is 11.1 Å². The summed E-state index contributed by atoms with van der Waals surface area (Å²) in [6.07, 6.45) is 1.48. The number of alkyl halides is 2. The molecule has 0 fully saturated rings. The van der Waals surface area contributed by atoms with Gasteiger partial charge in [0.15, 0.2) is 11.5 Å². The second-order valence-electron chi connectivity index (χ2n) is 4.79. The topological polar surface area (TPSA) is 40.0 Å². The number of hydrogen-bond donors (Lipinski definition) is 0. The zero-order valence-electron chi connectivity index (χ0n) is 12.8. The van der Waals surface area contributed by atoms with Crippen LogP contribution in [0, 0.1) is 6.92 Å². The normalized spacial score (nSPS) is 11.0. The van der Waals surface area contributed by atoms with E-state index in [1.54, 1.807) is 6.07 Å². The number of ether oxygens (including phenoxy) is 2. The predicted octanol–water partition coefficient (Wildman–Crippen LogP) is 4.16. The van der Waals surface area contributed by atoms with E-state index < -0.39 is 6.61 Å². The van der Waals surface area contributed by atoms with Gasteiger partial charge in [0.2, 0.25) is 0 Å². The highest BCUT2D eigenvalue weighted by molar-refractivity contribution is 5.80. The van der Waals surface area contributed by atoms with E-state index in [1.807, 2.05) is 31.2 Å². The Balaban J connectivity index is 1.96. The quantitative estimate of drug-likeness (QED) is 0.568. The molecule has 0 atom stereocenters. The minimum absolute atomic E-state index is 0.0275. The minimum atomic E-state index is -2.90. The van der Waals surface area contributed by atoms with Gasteiger partial charge in [-0.3, -0.25) is 0 Å². The SMILES string of the molecule is COc1cc(/C=N/OCc2cccc(C)c2)ccc1OC(F)F. The zero-order chi connectivity index (χ0) is 16.7. The summed E-state index contributed by atoms with van der Waals surface area (Å²) < 4.78 is 33.9. The van der Waals surface area contributed by atoms with Gasteiger partial charge in [0, 0.05) is 5.56 Å². The molecule has 23 heavy (non-hydrogen) atoms. The third-order valence-corrected chi connectivity index (χ3v) is 2.99. The maximum Gasteiger partial charge on any atom is 0.387 e. The fourth-order valence-electron chi connectivity index (χ4n) is 1.97. The number of nitrogens with zero attached hydrogens (tertiary/aromatic N) is 1. The molecule has 0 saturated carbocycles. The Hall–Kier alpha value is -2.63. The van der Waals surface area contributed by atoms with Gasteiger partial charge in [0.1, 0.15) is 6.61 Å². The van der Waals surface area contributed by atoms with Crippen molar-refractivity contribution >= 4 is 6.21 Å². The summed E-state index contributed by atoms with van der Waals surface area (Å²) in [5.41, 5.74) is 2.81. The number of halogens is 2. The highest BCUT2D eigenvalue weighted by atomic mass is 19.3. The van der Waals surface area contributed by atoms with Gasteiger partial charge in [-0.2, -0.15) is 8.78 Å². The van der Waals surface area contributed by atoms with Gasteiger partial charge in [0.25, 0.3) is 0 Å². The van der Waals surface area contributed by atoms with Crippen molar-refractivity contribution in [3.63, 3.8) is 0 Å². The van der Waals surface area contributed by atoms with Crippen LogP contribution in [0.4, 0.5) is 8.78 Å². The molecule has 0 spiro atoms. The molecule has 2 rings (SSSR count). The van der Waals surface area contributed by atoms with E-state index in [9.17, 15) is 8.78 Å².